The number of rotatable bonds is 5. The molecule has 0 unspecified atom stereocenters. The largest absolute Gasteiger partial charge is 0.493 e. The molecule has 4 aromatic carbocycles. The van der Waals surface area contributed by atoms with E-state index in [9.17, 15) is 9.59 Å². The molecule has 0 fully saturated rings. The summed E-state index contributed by atoms with van der Waals surface area (Å²) in [7, 11) is 0. The van der Waals surface area contributed by atoms with Crippen molar-refractivity contribution < 1.29 is 14.3 Å². The van der Waals surface area contributed by atoms with Gasteiger partial charge in [-0.05, 0) is 65.6 Å². The molecule has 0 bridgehead atoms. The summed E-state index contributed by atoms with van der Waals surface area (Å²) in [6.07, 6.45) is 0.792. The lowest BCUT2D eigenvalue weighted by Gasteiger charge is -2.29. The predicted octanol–water partition coefficient (Wildman–Crippen LogP) is 5.69. The number of amides is 2. The SMILES string of the molecule is CCOc1ccc2ccccc2c1C(=O)Nc1ccc2c(c1)CN(C(=O)c1ccccc1)CC2. The number of carbonyl (C=O) groups excluding carboxylic acids is 2. The van der Waals surface area contributed by atoms with Crippen LogP contribution in [0, 0.1) is 0 Å². The molecule has 1 aliphatic heterocycles. The molecule has 0 aromatic heterocycles. The van der Waals surface area contributed by atoms with E-state index in [1.54, 1.807) is 0 Å². The Morgan fingerprint density at radius 1 is 0.912 bits per heavy atom. The third-order valence-corrected chi connectivity index (χ3v) is 6.20. The minimum absolute atomic E-state index is 0.0257. The van der Waals surface area contributed by atoms with Gasteiger partial charge >= 0.3 is 0 Å². The molecular weight excluding hydrogens is 424 g/mol. The number of nitrogens with one attached hydrogen (secondary N) is 1. The van der Waals surface area contributed by atoms with Crippen molar-refractivity contribution in [2.75, 3.05) is 18.5 Å². The quantitative estimate of drug-likeness (QED) is 0.425. The third-order valence-electron chi connectivity index (χ3n) is 6.20. The van der Waals surface area contributed by atoms with E-state index >= 15 is 0 Å². The van der Waals surface area contributed by atoms with Crippen molar-refractivity contribution in [3.63, 3.8) is 0 Å². The van der Waals surface area contributed by atoms with Gasteiger partial charge in [0.25, 0.3) is 11.8 Å². The van der Waals surface area contributed by atoms with Crippen molar-refractivity contribution in [2.24, 2.45) is 0 Å². The molecule has 0 spiro atoms. The number of anilines is 1. The maximum absolute atomic E-state index is 13.4. The van der Waals surface area contributed by atoms with Crippen molar-refractivity contribution in [3.8, 4) is 5.75 Å². The average molecular weight is 451 g/mol. The maximum atomic E-state index is 13.4. The van der Waals surface area contributed by atoms with Gasteiger partial charge in [-0.3, -0.25) is 9.59 Å². The molecule has 0 atom stereocenters. The molecule has 5 nitrogen and oxygen atoms in total. The fraction of sp³-hybridized carbons (Fsp3) is 0.172. The second-order valence-corrected chi connectivity index (χ2v) is 8.37. The number of fused-ring (bicyclic) bond motifs is 2. The first-order chi connectivity index (χ1) is 16.6. The number of hydrogen-bond donors (Lipinski definition) is 1. The number of carbonyl (C=O) groups is 2. The number of hydrogen-bond acceptors (Lipinski definition) is 3. The van der Waals surface area contributed by atoms with Crippen LogP contribution in [0.3, 0.4) is 0 Å². The summed E-state index contributed by atoms with van der Waals surface area (Å²) in [5, 5.41) is 4.89. The lowest BCUT2D eigenvalue weighted by molar-refractivity contribution is 0.0734. The predicted molar refractivity (Wildman–Crippen MR) is 134 cm³/mol. The van der Waals surface area contributed by atoms with E-state index in [4.69, 9.17) is 4.74 Å². The number of nitrogens with zero attached hydrogens (tertiary/aromatic N) is 1. The van der Waals surface area contributed by atoms with Crippen LogP contribution in [0.25, 0.3) is 10.8 Å². The third kappa shape index (κ3) is 4.25. The van der Waals surface area contributed by atoms with Crippen molar-refractivity contribution in [1.29, 1.82) is 0 Å². The normalized spacial score (nSPS) is 12.8. The van der Waals surface area contributed by atoms with Gasteiger partial charge in [0.1, 0.15) is 5.75 Å². The van der Waals surface area contributed by atoms with Gasteiger partial charge in [-0.25, -0.2) is 0 Å². The molecule has 5 heteroatoms. The Hall–Kier alpha value is -4.12. The van der Waals surface area contributed by atoms with E-state index in [2.05, 4.69) is 5.32 Å². The van der Waals surface area contributed by atoms with Crippen LogP contribution in [0.1, 0.15) is 38.8 Å². The molecule has 5 rings (SSSR count). The van der Waals surface area contributed by atoms with Gasteiger partial charge < -0.3 is 15.0 Å². The summed E-state index contributed by atoms with van der Waals surface area (Å²) in [4.78, 5) is 28.2. The van der Waals surface area contributed by atoms with Gasteiger partial charge in [0.2, 0.25) is 0 Å². The standard InChI is InChI=1S/C29H26N2O3/c1-2-34-26-15-13-21-8-6-7-11-25(21)27(26)28(32)30-24-14-12-20-16-17-31(19-23(20)18-24)29(33)22-9-4-3-5-10-22/h3-15,18H,2,16-17,19H2,1H3,(H,30,32). The van der Waals surface area contributed by atoms with E-state index in [-0.39, 0.29) is 11.8 Å². The highest BCUT2D eigenvalue weighted by Gasteiger charge is 2.23. The minimum atomic E-state index is -0.215. The van der Waals surface area contributed by atoms with Gasteiger partial charge in [-0.1, -0.05) is 54.6 Å². The van der Waals surface area contributed by atoms with E-state index in [1.165, 1.54) is 5.56 Å². The Bertz CT molecular complexity index is 1360. The van der Waals surface area contributed by atoms with Crippen molar-refractivity contribution in [3.05, 3.63) is 107 Å². The van der Waals surface area contributed by atoms with Crippen LogP contribution in [-0.4, -0.2) is 29.9 Å². The van der Waals surface area contributed by atoms with Crippen LogP contribution in [0.2, 0.25) is 0 Å². The van der Waals surface area contributed by atoms with Gasteiger partial charge in [-0.15, -0.1) is 0 Å². The zero-order valence-electron chi connectivity index (χ0n) is 19.1. The highest BCUT2D eigenvalue weighted by atomic mass is 16.5. The Kier molecular flexibility index (Phi) is 6.00. The van der Waals surface area contributed by atoms with Gasteiger partial charge in [0.15, 0.2) is 0 Å². The maximum Gasteiger partial charge on any atom is 0.260 e. The molecule has 0 radical (unpaired) electrons. The van der Waals surface area contributed by atoms with Crippen molar-refractivity contribution in [2.45, 2.75) is 19.9 Å². The van der Waals surface area contributed by atoms with E-state index < -0.39 is 0 Å². The van der Waals surface area contributed by atoms with E-state index in [0.29, 0.717) is 42.3 Å². The molecule has 170 valence electrons. The fourth-order valence-electron chi connectivity index (χ4n) is 4.53. The highest BCUT2D eigenvalue weighted by Crippen LogP contribution is 2.30. The molecular formula is C29H26N2O3. The molecule has 0 saturated heterocycles. The second-order valence-electron chi connectivity index (χ2n) is 8.37. The lowest BCUT2D eigenvalue weighted by atomic mass is 9.98. The zero-order chi connectivity index (χ0) is 23.5. The summed E-state index contributed by atoms with van der Waals surface area (Å²) in [5.41, 5.74) is 4.17. The van der Waals surface area contributed by atoms with E-state index in [0.717, 1.165) is 22.8 Å². The van der Waals surface area contributed by atoms with Gasteiger partial charge in [-0.2, -0.15) is 0 Å². The summed E-state index contributed by atoms with van der Waals surface area (Å²) in [5.74, 6) is 0.377. The molecule has 1 heterocycles. The second kappa shape index (κ2) is 9.40. The van der Waals surface area contributed by atoms with Crippen LogP contribution >= 0.6 is 0 Å². The number of ether oxygens (including phenoxy) is 1. The smallest absolute Gasteiger partial charge is 0.260 e. The highest BCUT2D eigenvalue weighted by molar-refractivity contribution is 6.15. The Morgan fingerprint density at radius 2 is 1.71 bits per heavy atom. The molecule has 0 aliphatic carbocycles. The van der Waals surface area contributed by atoms with Crippen LogP contribution in [0.15, 0.2) is 84.9 Å². The Balaban J connectivity index is 1.40. The van der Waals surface area contributed by atoms with Crippen molar-refractivity contribution in [1.82, 2.24) is 4.90 Å². The first-order valence-electron chi connectivity index (χ1n) is 11.6. The summed E-state index contributed by atoms with van der Waals surface area (Å²) < 4.78 is 5.77. The van der Waals surface area contributed by atoms with E-state index in [1.807, 2.05) is 96.8 Å². The van der Waals surface area contributed by atoms with Crippen LogP contribution in [0.5, 0.6) is 5.75 Å². The van der Waals surface area contributed by atoms with Gasteiger partial charge in [0.05, 0.1) is 12.2 Å². The molecule has 34 heavy (non-hydrogen) atoms. The minimum Gasteiger partial charge on any atom is -0.493 e. The first-order valence-corrected chi connectivity index (χ1v) is 11.6. The topological polar surface area (TPSA) is 58.6 Å². The Morgan fingerprint density at radius 3 is 2.53 bits per heavy atom. The van der Waals surface area contributed by atoms with Crippen LogP contribution in [0.4, 0.5) is 5.69 Å². The lowest BCUT2D eigenvalue weighted by Crippen LogP contribution is -2.36. The molecule has 1 aliphatic rings. The Labute approximate surface area is 199 Å². The monoisotopic (exact) mass is 450 g/mol. The zero-order valence-corrected chi connectivity index (χ0v) is 19.1. The summed E-state index contributed by atoms with van der Waals surface area (Å²) >= 11 is 0. The van der Waals surface area contributed by atoms with Crippen LogP contribution in [-0.2, 0) is 13.0 Å². The first kappa shape index (κ1) is 21.7. The molecule has 1 N–H and O–H groups in total. The van der Waals surface area contributed by atoms with Gasteiger partial charge in [0, 0.05) is 24.3 Å². The summed E-state index contributed by atoms with van der Waals surface area (Å²) in [6, 6.07) is 26.9. The molecule has 0 saturated carbocycles. The van der Waals surface area contributed by atoms with Crippen LogP contribution < -0.4 is 10.1 Å². The summed E-state index contributed by atoms with van der Waals surface area (Å²) in [6.45, 7) is 3.58. The van der Waals surface area contributed by atoms with Crippen molar-refractivity contribution >= 4 is 28.3 Å². The number of benzene rings is 4. The fourth-order valence-corrected chi connectivity index (χ4v) is 4.53. The molecule has 4 aromatic rings. The average Bonchev–Trinajstić information content (AvgIpc) is 2.88. The molecule has 2 amide bonds.